The summed E-state index contributed by atoms with van der Waals surface area (Å²) in [5.41, 5.74) is 0. The van der Waals surface area contributed by atoms with Crippen LogP contribution in [0, 0.1) is 0 Å². The molecule has 1 aliphatic rings. The summed E-state index contributed by atoms with van der Waals surface area (Å²) in [6.07, 6.45) is 3.12. The molecule has 0 aromatic carbocycles. The van der Waals surface area contributed by atoms with Gasteiger partial charge < -0.3 is 14.3 Å². The van der Waals surface area contributed by atoms with Gasteiger partial charge in [-0.05, 0) is 0 Å². The van der Waals surface area contributed by atoms with Crippen molar-refractivity contribution in [3.8, 4) is 0 Å². The molecule has 1 N–H and O–H groups in total. The lowest BCUT2D eigenvalue weighted by Gasteiger charge is -2.33. The standard InChI is InChI=1S/C9H14N2O3/c12-5-8-6-13-2-1-11(8)4-9-3-10-7-14-9/h3,7-8,12H,1-2,4-6H2. The van der Waals surface area contributed by atoms with Crippen LogP contribution in [0.25, 0.3) is 0 Å². The number of ether oxygens (including phenoxy) is 1. The van der Waals surface area contributed by atoms with Gasteiger partial charge in [-0.1, -0.05) is 0 Å². The minimum atomic E-state index is 0.0776. The lowest BCUT2D eigenvalue weighted by Crippen LogP contribution is -2.46. The van der Waals surface area contributed by atoms with Gasteiger partial charge in [0.15, 0.2) is 6.39 Å². The van der Waals surface area contributed by atoms with Crippen LogP contribution in [-0.4, -0.2) is 47.4 Å². The predicted octanol–water partition coefficient (Wildman–Crippen LogP) is -0.132. The molecular weight excluding hydrogens is 184 g/mol. The minimum absolute atomic E-state index is 0.0776. The van der Waals surface area contributed by atoms with Crippen LogP contribution in [0.2, 0.25) is 0 Å². The van der Waals surface area contributed by atoms with Crippen LogP contribution < -0.4 is 0 Å². The summed E-state index contributed by atoms with van der Waals surface area (Å²) in [5.74, 6) is 0.824. The van der Waals surface area contributed by atoms with Gasteiger partial charge in [0.25, 0.3) is 0 Å². The number of aliphatic hydroxyl groups is 1. The number of hydrogen-bond donors (Lipinski definition) is 1. The van der Waals surface area contributed by atoms with E-state index in [4.69, 9.17) is 14.3 Å². The molecule has 1 saturated heterocycles. The van der Waals surface area contributed by atoms with Gasteiger partial charge in [-0.25, -0.2) is 4.98 Å². The second-order valence-electron chi connectivity index (χ2n) is 3.35. The Kier molecular flexibility index (Phi) is 3.13. The fraction of sp³-hybridized carbons (Fsp3) is 0.667. The fourth-order valence-electron chi connectivity index (χ4n) is 1.59. The zero-order chi connectivity index (χ0) is 9.80. The van der Waals surface area contributed by atoms with E-state index in [-0.39, 0.29) is 12.6 Å². The van der Waals surface area contributed by atoms with Crippen LogP contribution in [0.5, 0.6) is 0 Å². The Hall–Kier alpha value is -0.910. The maximum Gasteiger partial charge on any atom is 0.180 e. The average molecular weight is 198 g/mol. The molecule has 1 unspecified atom stereocenters. The molecule has 0 amide bonds. The van der Waals surface area contributed by atoms with Crippen molar-refractivity contribution in [2.75, 3.05) is 26.4 Å². The zero-order valence-electron chi connectivity index (χ0n) is 7.93. The quantitative estimate of drug-likeness (QED) is 0.733. The summed E-state index contributed by atoms with van der Waals surface area (Å²) in [7, 11) is 0. The third-order valence-corrected chi connectivity index (χ3v) is 2.40. The van der Waals surface area contributed by atoms with Gasteiger partial charge in [-0.3, -0.25) is 4.90 Å². The molecule has 1 aliphatic heterocycles. The average Bonchev–Trinajstić information content (AvgIpc) is 2.71. The van der Waals surface area contributed by atoms with Crippen LogP contribution in [0.3, 0.4) is 0 Å². The molecule has 5 heteroatoms. The lowest BCUT2D eigenvalue weighted by molar-refractivity contribution is -0.0336. The number of aromatic nitrogens is 1. The Morgan fingerprint density at radius 2 is 2.57 bits per heavy atom. The van der Waals surface area contributed by atoms with Gasteiger partial charge in [-0.15, -0.1) is 0 Å². The fourth-order valence-corrected chi connectivity index (χ4v) is 1.59. The molecule has 1 fully saturated rings. The highest BCUT2D eigenvalue weighted by atomic mass is 16.5. The Morgan fingerprint density at radius 3 is 3.29 bits per heavy atom. The Balaban J connectivity index is 1.94. The lowest BCUT2D eigenvalue weighted by atomic mass is 10.2. The van der Waals surface area contributed by atoms with Crippen molar-refractivity contribution in [3.05, 3.63) is 18.4 Å². The van der Waals surface area contributed by atoms with Crippen molar-refractivity contribution in [2.45, 2.75) is 12.6 Å². The third-order valence-electron chi connectivity index (χ3n) is 2.40. The van der Waals surface area contributed by atoms with Crippen LogP contribution in [-0.2, 0) is 11.3 Å². The number of oxazole rings is 1. The van der Waals surface area contributed by atoms with Crippen molar-refractivity contribution in [1.29, 1.82) is 0 Å². The highest BCUT2D eigenvalue weighted by Crippen LogP contribution is 2.11. The number of aliphatic hydroxyl groups excluding tert-OH is 1. The first kappa shape index (κ1) is 9.64. The maximum atomic E-state index is 9.12. The maximum absolute atomic E-state index is 9.12. The molecule has 0 radical (unpaired) electrons. The molecule has 1 aromatic heterocycles. The molecule has 1 atom stereocenters. The number of morpholine rings is 1. The van der Waals surface area contributed by atoms with Gasteiger partial charge in [0, 0.05) is 6.54 Å². The topological polar surface area (TPSA) is 58.7 Å². The third kappa shape index (κ3) is 2.12. The van der Waals surface area contributed by atoms with E-state index >= 15 is 0 Å². The molecule has 78 valence electrons. The van der Waals surface area contributed by atoms with E-state index in [0.717, 1.165) is 12.3 Å². The molecular formula is C9H14N2O3. The van der Waals surface area contributed by atoms with E-state index in [2.05, 4.69) is 9.88 Å². The van der Waals surface area contributed by atoms with Crippen LogP contribution >= 0.6 is 0 Å². The van der Waals surface area contributed by atoms with Gasteiger partial charge >= 0.3 is 0 Å². The summed E-state index contributed by atoms with van der Waals surface area (Å²) in [4.78, 5) is 5.99. The smallest absolute Gasteiger partial charge is 0.180 e. The molecule has 14 heavy (non-hydrogen) atoms. The molecule has 0 spiro atoms. The van der Waals surface area contributed by atoms with Gasteiger partial charge in [0.1, 0.15) is 5.76 Å². The van der Waals surface area contributed by atoms with Crippen molar-refractivity contribution in [3.63, 3.8) is 0 Å². The molecule has 0 bridgehead atoms. The second kappa shape index (κ2) is 4.54. The monoisotopic (exact) mass is 198 g/mol. The zero-order valence-corrected chi connectivity index (χ0v) is 7.93. The van der Waals surface area contributed by atoms with Crippen molar-refractivity contribution < 1.29 is 14.3 Å². The number of hydrogen-bond acceptors (Lipinski definition) is 5. The van der Waals surface area contributed by atoms with Crippen molar-refractivity contribution in [1.82, 2.24) is 9.88 Å². The molecule has 2 rings (SSSR count). The molecule has 5 nitrogen and oxygen atoms in total. The normalized spacial score (nSPS) is 23.9. The minimum Gasteiger partial charge on any atom is -0.447 e. The van der Waals surface area contributed by atoms with Gasteiger partial charge in [0.05, 0.1) is 38.6 Å². The number of nitrogens with zero attached hydrogens (tertiary/aromatic N) is 2. The Bertz CT molecular complexity index is 263. The van der Waals surface area contributed by atoms with E-state index in [9.17, 15) is 0 Å². The summed E-state index contributed by atoms with van der Waals surface area (Å²) in [6, 6.07) is 0.0776. The second-order valence-corrected chi connectivity index (χ2v) is 3.35. The SMILES string of the molecule is OCC1COCCN1Cc1cnco1. The van der Waals surface area contributed by atoms with E-state index in [0.29, 0.717) is 19.8 Å². The van der Waals surface area contributed by atoms with Gasteiger partial charge in [-0.2, -0.15) is 0 Å². The Labute approximate surface area is 82.3 Å². The summed E-state index contributed by atoms with van der Waals surface area (Å²) in [6.45, 7) is 2.93. The van der Waals surface area contributed by atoms with E-state index in [1.54, 1.807) is 6.20 Å². The van der Waals surface area contributed by atoms with Gasteiger partial charge in [0.2, 0.25) is 0 Å². The van der Waals surface area contributed by atoms with Crippen molar-refractivity contribution in [2.24, 2.45) is 0 Å². The van der Waals surface area contributed by atoms with Crippen LogP contribution in [0.1, 0.15) is 5.76 Å². The van der Waals surface area contributed by atoms with E-state index in [1.165, 1.54) is 6.39 Å². The van der Waals surface area contributed by atoms with E-state index in [1.807, 2.05) is 0 Å². The summed E-state index contributed by atoms with van der Waals surface area (Å²) >= 11 is 0. The van der Waals surface area contributed by atoms with E-state index < -0.39 is 0 Å². The van der Waals surface area contributed by atoms with Crippen molar-refractivity contribution >= 4 is 0 Å². The number of rotatable bonds is 3. The van der Waals surface area contributed by atoms with Crippen LogP contribution in [0.4, 0.5) is 0 Å². The first-order chi connectivity index (χ1) is 6.90. The Morgan fingerprint density at radius 1 is 1.64 bits per heavy atom. The van der Waals surface area contributed by atoms with Crippen LogP contribution in [0.15, 0.2) is 17.0 Å². The molecule has 0 aliphatic carbocycles. The first-order valence-corrected chi connectivity index (χ1v) is 4.70. The summed E-state index contributed by atoms with van der Waals surface area (Å²) < 4.78 is 10.4. The largest absolute Gasteiger partial charge is 0.447 e. The highest BCUT2D eigenvalue weighted by Gasteiger charge is 2.22. The summed E-state index contributed by atoms with van der Waals surface area (Å²) in [5, 5.41) is 9.12. The highest BCUT2D eigenvalue weighted by molar-refractivity contribution is 4.90. The molecule has 0 saturated carbocycles. The molecule has 1 aromatic rings. The predicted molar refractivity (Wildman–Crippen MR) is 48.6 cm³/mol. The molecule has 2 heterocycles. The first-order valence-electron chi connectivity index (χ1n) is 4.70.